The smallest absolute Gasteiger partial charge is 0.0518 e. The van der Waals surface area contributed by atoms with Crippen molar-refractivity contribution in [1.82, 2.24) is 5.32 Å². The molecule has 0 aromatic rings. The molecule has 1 rings (SSSR count). The molecule has 1 aliphatic carbocycles. The maximum absolute atomic E-state index is 5.53. The summed E-state index contributed by atoms with van der Waals surface area (Å²) in [6.07, 6.45) is 8.49. The van der Waals surface area contributed by atoms with Crippen molar-refractivity contribution in [3.63, 3.8) is 0 Å². The molecule has 0 amide bonds. The van der Waals surface area contributed by atoms with Crippen molar-refractivity contribution in [2.75, 3.05) is 13.2 Å². The molecule has 96 valence electrons. The van der Waals surface area contributed by atoms with Crippen LogP contribution in [0.25, 0.3) is 0 Å². The highest BCUT2D eigenvalue weighted by Gasteiger charge is 2.14. The second-order valence-corrected chi connectivity index (χ2v) is 5.54. The van der Waals surface area contributed by atoms with Crippen LogP contribution in [0, 0.1) is 5.92 Å². The van der Waals surface area contributed by atoms with Gasteiger partial charge in [-0.2, -0.15) is 0 Å². The van der Waals surface area contributed by atoms with Gasteiger partial charge in [0.25, 0.3) is 0 Å². The van der Waals surface area contributed by atoms with E-state index in [1.165, 1.54) is 32.1 Å². The lowest BCUT2D eigenvalue weighted by atomic mass is 10.0. The van der Waals surface area contributed by atoms with E-state index in [2.05, 4.69) is 26.1 Å². The van der Waals surface area contributed by atoms with E-state index in [-0.39, 0.29) is 0 Å². The number of hydrogen-bond acceptors (Lipinski definition) is 2. The standard InChI is InChI=1S/C14H29NO/c1-12(2)16-11-5-10-15-14-7-4-6-13(3)8-9-14/h12-15H,4-11H2,1-3H3. The van der Waals surface area contributed by atoms with E-state index in [1.807, 2.05) is 0 Å². The van der Waals surface area contributed by atoms with Gasteiger partial charge >= 0.3 is 0 Å². The van der Waals surface area contributed by atoms with Crippen LogP contribution >= 0.6 is 0 Å². The molecule has 1 N–H and O–H groups in total. The molecule has 0 heterocycles. The Labute approximate surface area is 101 Å². The Morgan fingerprint density at radius 1 is 1.19 bits per heavy atom. The van der Waals surface area contributed by atoms with E-state index in [9.17, 15) is 0 Å². The zero-order chi connectivity index (χ0) is 11.8. The van der Waals surface area contributed by atoms with Gasteiger partial charge in [-0.1, -0.05) is 19.8 Å². The molecule has 2 atom stereocenters. The Bertz CT molecular complexity index is 170. The molecule has 1 aliphatic rings. The van der Waals surface area contributed by atoms with Crippen LogP contribution in [0.15, 0.2) is 0 Å². The first-order chi connectivity index (χ1) is 7.68. The van der Waals surface area contributed by atoms with Crippen LogP contribution < -0.4 is 5.32 Å². The van der Waals surface area contributed by atoms with Gasteiger partial charge in [-0.15, -0.1) is 0 Å². The summed E-state index contributed by atoms with van der Waals surface area (Å²) >= 11 is 0. The predicted octanol–water partition coefficient (Wildman–Crippen LogP) is 3.36. The SMILES string of the molecule is CC1CCCC(NCCCOC(C)C)CC1. The second kappa shape index (κ2) is 8.08. The Morgan fingerprint density at radius 2 is 2.00 bits per heavy atom. The summed E-state index contributed by atoms with van der Waals surface area (Å²) in [6.45, 7) is 8.60. The molecule has 2 heteroatoms. The second-order valence-electron chi connectivity index (χ2n) is 5.54. The van der Waals surface area contributed by atoms with Gasteiger partial charge in [0.15, 0.2) is 0 Å². The quantitative estimate of drug-likeness (QED) is 0.555. The summed E-state index contributed by atoms with van der Waals surface area (Å²) in [7, 11) is 0. The van der Waals surface area contributed by atoms with Crippen LogP contribution in [0.4, 0.5) is 0 Å². The molecule has 2 unspecified atom stereocenters. The third-order valence-electron chi connectivity index (χ3n) is 3.46. The normalized spacial score (nSPS) is 27.0. The summed E-state index contributed by atoms with van der Waals surface area (Å²) in [5, 5.41) is 3.68. The average molecular weight is 227 g/mol. The van der Waals surface area contributed by atoms with Gasteiger partial charge in [0.2, 0.25) is 0 Å². The minimum atomic E-state index is 0.374. The first kappa shape index (κ1) is 14.0. The van der Waals surface area contributed by atoms with Gasteiger partial charge in [0.1, 0.15) is 0 Å². The highest BCUT2D eigenvalue weighted by atomic mass is 16.5. The molecule has 0 radical (unpaired) electrons. The van der Waals surface area contributed by atoms with Crippen molar-refractivity contribution >= 4 is 0 Å². The molecular formula is C14H29NO. The third kappa shape index (κ3) is 6.49. The molecule has 0 aromatic carbocycles. The maximum Gasteiger partial charge on any atom is 0.0518 e. The fourth-order valence-electron chi connectivity index (χ4n) is 2.39. The Kier molecular flexibility index (Phi) is 7.06. The van der Waals surface area contributed by atoms with Crippen molar-refractivity contribution in [1.29, 1.82) is 0 Å². The predicted molar refractivity (Wildman–Crippen MR) is 69.7 cm³/mol. The Hall–Kier alpha value is -0.0800. The van der Waals surface area contributed by atoms with Crippen molar-refractivity contribution in [3.8, 4) is 0 Å². The lowest BCUT2D eigenvalue weighted by Crippen LogP contribution is -2.30. The minimum Gasteiger partial charge on any atom is -0.379 e. The third-order valence-corrected chi connectivity index (χ3v) is 3.46. The van der Waals surface area contributed by atoms with E-state index >= 15 is 0 Å². The van der Waals surface area contributed by atoms with Crippen LogP contribution in [0.3, 0.4) is 0 Å². The highest BCUT2D eigenvalue weighted by Crippen LogP contribution is 2.22. The van der Waals surface area contributed by atoms with Gasteiger partial charge in [-0.05, 0) is 52.0 Å². The lowest BCUT2D eigenvalue weighted by molar-refractivity contribution is 0.0766. The van der Waals surface area contributed by atoms with Crippen molar-refractivity contribution in [2.24, 2.45) is 5.92 Å². The summed E-state index contributed by atoms with van der Waals surface area (Å²) in [4.78, 5) is 0. The van der Waals surface area contributed by atoms with Gasteiger partial charge in [-0.3, -0.25) is 0 Å². The first-order valence-electron chi connectivity index (χ1n) is 7.03. The minimum absolute atomic E-state index is 0.374. The molecule has 16 heavy (non-hydrogen) atoms. The van der Waals surface area contributed by atoms with Gasteiger partial charge in [-0.25, -0.2) is 0 Å². The number of nitrogens with one attached hydrogen (secondary N) is 1. The number of ether oxygens (including phenoxy) is 1. The number of hydrogen-bond donors (Lipinski definition) is 1. The molecule has 0 bridgehead atoms. The van der Waals surface area contributed by atoms with E-state index < -0.39 is 0 Å². The summed E-state index contributed by atoms with van der Waals surface area (Å²) in [5.41, 5.74) is 0. The van der Waals surface area contributed by atoms with E-state index in [4.69, 9.17) is 4.74 Å². The molecule has 1 fully saturated rings. The van der Waals surface area contributed by atoms with E-state index in [0.29, 0.717) is 6.10 Å². The zero-order valence-electron chi connectivity index (χ0n) is 11.3. The fourth-order valence-corrected chi connectivity index (χ4v) is 2.39. The molecule has 0 aliphatic heterocycles. The summed E-state index contributed by atoms with van der Waals surface area (Å²) < 4.78 is 5.53. The highest BCUT2D eigenvalue weighted by molar-refractivity contribution is 4.73. The van der Waals surface area contributed by atoms with Gasteiger partial charge in [0, 0.05) is 12.6 Å². The molecular weight excluding hydrogens is 198 g/mol. The Balaban J connectivity index is 1.99. The zero-order valence-corrected chi connectivity index (χ0v) is 11.3. The summed E-state index contributed by atoms with van der Waals surface area (Å²) in [5.74, 6) is 0.941. The van der Waals surface area contributed by atoms with Gasteiger partial charge < -0.3 is 10.1 Å². The molecule has 1 saturated carbocycles. The molecule has 0 aromatic heterocycles. The lowest BCUT2D eigenvalue weighted by Gasteiger charge is -2.16. The van der Waals surface area contributed by atoms with Crippen LogP contribution in [-0.2, 0) is 4.74 Å². The Morgan fingerprint density at radius 3 is 2.75 bits per heavy atom. The van der Waals surface area contributed by atoms with Crippen LogP contribution in [0.2, 0.25) is 0 Å². The number of rotatable bonds is 6. The monoisotopic (exact) mass is 227 g/mol. The maximum atomic E-state index is 5.53. The molecule has 0 saturated heterocycles. The summed E-state index contributed by atoms with van der Waals surface area (Å²) in [6, 6.07) is 0.768. The van der Waals surface area contributed by atoms with Crippen molar-refractivity contribution in [2.45, 2.75) is 71.4 Å². The van der Waals surface area contributed by atoms with Gasteiger partial charge in [0.05, 0.1) is 6.10 Å². The van der Waals surface area contributed by atoms with Crippen LogP contribution in [0.1, 0.15) is 59.3 Å². The van der Waals surface area contributed by atoms with E-state index in [0.717, 1.165) is 31.5 Å². The van der Waals surface area contributed by atoms with Crippen LogP contribution in [-0.4, -0.2) is 25.3 Å². The first-order valence-corrected chi connectivity index (χ1v) is 7.03. The van der Waals surface area contributed by atoms with Crippen LogP contribution in [0.5, 0.6) is 0 Å². The molecule has 2 nitrogen and oxygen atoms in total. The average Bonchev–Trinajstić information content (AvgIpc) is 2.43. The fraction of sp³-hybridized carbons (Fsp3) is 1.00. The molecule has 0 spiro atoms. The topological polar surface area (TPSA) is 21.3 Å². The van der Waals surface area contributed by atoms with E-state index in [1.54, 1.807) is 0 Å². The van der Waals surface area contributed by atoms with Crippen molar-refractivity contribution in [3.05, 3.63) is 0 Å². The largest absolute Gasteiger partial charge is 0.379 e. The van der Waals surface area contributed by atoms with Crippen molar-refractivity contribution < 1.29 is 4.74 Å².